The maximum Gasteiger partial charge on any atom is 0.264 e. The highest BCUT2D eigenvalue weighted by atomic mass is 35.5. The third kappa shape index (κ3) is 8.29. The fraction of sp³-hybridized carbons (Fsp3) is 0.310. The van der Waals surface area contributed by atoms with Gasteiger partial charge >= 0.3 is 0 Å². The number of ether oxygens (including phenoxy) is 1. The van der Waals surface area contributed by atoms with Crippen LogP contribution in [-0.2, 0) is 26.2 Å². The van der Waals surface area contributed by atoms with E-state index in [0.29, 0.717) is 15.6 Å². The van der Waals surface area contributed by atoms with E-state index in [4.69, 9.17) is 39.5 Å². The first kappa shape index (κ1) is 32.5. The highest BCUT2D eigenvalue weighted by Gasteiger charge is 2.34. The maximum absolute atomic E-state index is 14.0. The topological polar surface area (TPSA) is 96.0 Å². The Bertz CT molecular complexity index is 1480. The second-order valence-corrected chi connectivity index (χ2v) is 12.6. The predicted molar refractivity (Wildman–Crippen MR) is 163 cm³/mol. The molecule has 3 aromatic rings. The lowest BCUT2D eigenvalue weighted by molar-refractivity contribution is -0.139. The van der Waals surface area contributed by atoms with Crippen LogP contribution in [0, 0.1) is 0 Å². The van der Waals surface area contributed by atoms with E-state index < -0.39 is 34.4 Å². The summed E-state index contributed by atoms with van der Waals surface area (Å²) in [7, 11) is -4.28. The van der Waals surface area contributed by atoms with Crippen LogP contribution in [-0.4, -0.2) is 50.4 Å². The number of halogens is 3. The van der Waals surface area contributed by atoms with E-state index in [1.165, 1.54) is 29.2 Å². The van der Waals surface area contributed by atoms with Crippen molar-refractivity contribution in [1.82, 2.24) is 10.2 Å². The van der Waals surface area contributed by atoms with Gasteiger partial charge in [-0.2, -0.15) is 0 Å². The van der Waals surface area contributed by atoms with Crippen molar-refractivity contribution in [2.75, 3.05) is 17.5 Å². The van der Waals surface area contributed by atoms with E-state index in [0.717, 1.165) is 4.31 Å². The SMILES string of the molecule is CCOc1ccccc1N(CC(=O)N(Cc1ccc(Cl)c(Cl)c1)C(C)C(=O)NC(C)C)S(=O)(=O)c1ccc(Cl)cc1. The Morgan fingerprint density at radius 1 is 0.927 bits per heavy atom. The lowest BCUT2D eigenvalue weighted by atomic mass is 10.1. The molecular weight excluding hydrogens is 609 g/mol. The molecule has 3 rings (SSSR count). The highest BCUT2D eigenvalue weighted by molar-refractivity contribution is 7.92. The van der Waals surface area contributed by atoms with Crippen LogP contribution in [0.5, 0.6) is 5.75 Å². The first-order chi connectivity index (χ1) is 19.3. The molecule has 3 aromatic carbocycles. The summed E-state index contributed by atoms with van der Waals surface area (Å²) in [5.74, 6) is -0.733. The number of sulfonamides is 1. The van der Waals surface area contributed by atoms with Crippen LogP contribution in [0.3, 0.4) is 0 Å². The summed E-state index contributed by atoms with van der Waals surface area (Å²) in [5, 5.41) is 3.80. The van der Waals surface area contributed by atoms with Crippen LogP contribution in [0.25, 0.3) is 0 Å². The lowest BCUT2D eigenvalue weighted by Crippen LogP contribution is -2.52. The predicted octanol–water partition coefficient (Wildman–Crippen LogP) is 6.18. The Morgan fingerprint density at radius 2 is 1.59 bits per heavy atom. The maximum atomic E-state index is 14.0. The van der Waals surface area contributed by atoms with E-state index in [-0.39, 0.29) is 40.5 Å². The molecule has 0 heterocycles. The largest absolute Gasteiger partial charge is 0.492 e. The number of carbonyl (C=O) groups excluding carboxylic acids is 2. The third-order valence-corrected chi connectivity index (χ3v) is 8.81. The normalized spacial score (nSPS) is 12.1. The molecule has 41 heavy (non-hydrogen) atoms. The zero-order valence-electron chi connectivity index (χ0n) is 23.1. The Labute approximate surface area is 256 Å². The van der Waals surface area contributed by atoms with Crippen molar-refractivity contribution in [2.45, 2.75) is 51.2 Å². The van der Waals surface area contributed by atoms with Crippen molar-refractivity contribution in [2.24, 2.45) is 0 Å². The zero-order chi connectivity index (χ0) is 30.3. The molecule has 2 amide bonds. The molecule has 0 aromatic heterocycles. The fourth-order valence-electron chi connectivity index (χ4n) is 4.01. The summed E-state index contributed by atoms with van der Waals surface area (Å²) < 4.78 is 34.7. The van der Waals surface area contributed by atoms with Gasteiger partial charge in [-0.15, -0.1) is 0 Å². The molecule has 0 saturated heterocycles. The molecule has 12 heteroatoms. The van der Waals surface area contributed by atoms with E-state index in [9.17, 15) is 18.0 Å². The molecule has 0 aliphatic rings. The second kappa shape index (κ2) is 14.3. The second-order valence-electron chi connectivity index (χ2n) is 9.48. The lowest BCUT2D eigenvalue weighted by Gasteiger charge is -2.32. The molecule has 0 saturated carbocycles. The molecular formula is C29H32Cl3N3O5S. The molecule has 1 N–H and O–H groups in total. The van der Waals surface area contributed by atoms with Gasteiger partial charge < -0.3 is 15.0 Å². The minimum Gasteiger partial charge on any atom is -0.492 e. The van der Waals surface area contributed by atoms with E-state index in [2.05, 4.69) is 5.32 Å². The summed E-state index contributed by atoms with van der Waals surface area (Å²) in [5.41, 5.74) is 0.783. The van der Waals surface area contributed by atoms with Gasteiger partial charge in [0.1, 0.15) is 18.3 Å². The Balaban J connectivity index is 2.09. The van der Waals surface area contributed by atoms with Gasteiger partial charge in [0, 0.05) is 17.6 Å². The van der Waals surface area contributed by atoms with Crippen LogP contribution in [0.2, 0.25) is 15.1 Å². The van der Waals surface area contributed by atoms with Crippen LogP contribution in [0.1, 0.15) is 33.3 Å². The minimum absolute atomic E-state index is 0.0235. The molecule has 0 spiro atoms. The zero-order valence-corrected chi connectivity index (χ0v) is 26.2. The van der Waals surface area contributed by atoms with Crippen molar-refractivity contribution in [3.63, 3.8) is 0 Å². The fourth-order valence-corrected chi connectivity index (χ4v) is 5.88. The number of rotatable bonds is 12. The summed E-state index contributed by atoms with van der Waals surface area (Å²) in [6.45, 7) is 6.60. The molecule has 0 fully saturated rings. The van der Waals surface area contributed by atoms with Gasteiger partial charge in [-0.25, -0.2) is 8.42 Å². The molecule has 0 aliphatic carbocycles. The number of benzene rings is 3. The molecule has 8 nitrogen and oxygen atoms in total. The van der Waals surface area contributed by atoms with Crippen molar-refractivity contribution in [3.05, 3.63) is 87.4 Å². The first-order valence-electron chi connectivity index (χ1n) is 12.9. The number of carbonyl (C=O) groups is 2. The number of hydrogen-bond donors (Lipinski definition) is 1. The van der Waals surface area contributed by atoms with Crippen molar-refractivity contribution < 1.29 is 22.7 Å². The van der Waals surface area contributed by atoms with Gasteiger partial charge in [-0.3, -0.25) is 13.9 Å². The van der Waals surface area contributed by atoms with E-state index in [1.54, 1.807) is 70.2 Å². The quantitative estimate of drug-likeness (QED) is 0.255. The third-order valence-electron chi connectivity index (χ3n) is 6.05. The van der Waals surface area contributed by atoms with Gasteiger partial charge in [0.15, 0.2) is 0 Å². The van der Waals surface area contributed by atoms with Crippen LogP contribution < -0.4 is 14.4 Å². The monoisotopic (exact) mass is 639 g/mol. The molecule has 0 bridgehead atoms. The molecule has 1 unspecified atom stereocenters. The molecule has 0 radical (unpaired) electrons. The molecule has 0 aliphatic heterocycles. The van der Waals surface area contributed by atoms with Gasteiger partial charge in [0.25, 0.3) is 10.0 Å². The Morgan fingerprint density at radius 3 is 2.20 bits per heavy atom. The van der Waals surface area contributed by atoms with Gasteiger partial charge in [-0.1, -0.05) is 53.0 Å². The number of nitrogens with one attached hydrogen (secondary N) is 1. The number of nitrogens with zero attached hydrogens (tertiary/aromatic N) is 2. The van der Waals surface area contributed by atoms with Gasteiger partial charge in [0.05, 0.1) is 27.2 Å². The highest BCUT2D eigenvalue weighted by Crippen LogP contribution is 2.33. The smallest absolute Gasteiger partial charge is 0.264 e. The minimum atomic E-state index is -4.28. The summed E-state index contributed by atoms with van der Waals surface area (Å²) >= 11 is 18.3. The van der Waals surface area contributed by atoms with Gasteiger partial charge in [-0.05, 0) is 81.8 Å². The standard InChI is InChI=1S/C29H32Cl3N3O5S/c1-5-40-27-9-7-6-8-26(27)35(41(38,39)23-13-11-22(30)12-14-23)18-28(36)34(20(4)29(37)33-19(2)3)17-21-10-15-24(31)25(32)16-21/h6-16,19-20H,5,17-18H2,1-4H3,(H,33,37). The van der Waals surface area contributed by atoms with Crippen LogP contribution in [0.4, 0.5) is 5.69 Å². The Kier molecular flexibility index (Phi) is 11.3. The van der Waals surface area contributed by atoms with Crippen molar-refractivity contribution in [3.8, 4) is 5.75 Å². The summed E-state index contributed by atoms with van der Waals surface area (Å²) in [6, 6.07) is 16.0. The first-order valence-corrected chi connectivity index (χ1v) is 15.5. The number of para-hydroxylation sites is 2. The molecule has 1 atom stereocenters. The average Bonchev–Trinajstić information content (AvgIpc) is 2.92. The van der Waals surface area contributed by atoms with Crippen LogP contribution >= 0.6 is 34.8 Å². The van der Waals surface area contributed by atoms with Crippen molar-refractivity contribution >= 4 is 62.3 Å². The van der Waals surface area contributed by atoms with E-state index in [1.807, 2.05) is 0 Å². The Hall–Kier alpha value is -2.98. The van der Waals surface area contributed by atoms with Crippen LogP contribution in [0.15, 0.2) is 71.6 Å². The summed E-state index contributed by atoms with van der Waals surface area (Å²) in [6.07, 6.45) is 0. The molecule has 220 valence electrons. The van der Waals surface area contributed by atoms with Crippen molar-refractivity contribution in [1.29, 1.82) is 0 Å². The number of anilines is 1. The number of amides is 2. The van der Waals surface area contributed by atoms with Gasteiger partial charge in [0.2, 0.25) is 11.8 Å². The average molecular weight is 641 g/mol. The number of hydrogen-bond acceptors (Lipinski definition) is 5. The summed E-state index contributed by atoms with van der Waals surface area (Å²) in [4.78, 5) is 28.3. The van der Waals surface area contributed by atoms with E-state index >= 15 is 0 Å².